The lowest BCUT2D eigenvalue weighted by atomic mass is 9.95. The van der Waals surface area contributed by atoms with Crippen LogP contribution in [0.5, 0.6) is 0 Å². The minimum Gasteiger partial charge on any atom is -0.308 e. The van der Waals surface area contributed by atoms with Gasteiger partial charge in [0.05, 0.1) is 12.7 Å². The quantitative estimate of drug-likeness (QED) is 0.856. The lowest BCUT2D eigenvalue weighted by Gasteiger charge is -2.28. The number of nitrogens with zero attached hydrogens (tertiary/aromatic N) is 3. The largest absolute Gasteiger partial charge is 0.328 e. The molecule has 6 heteroatoms. The standard InChI is InChI=1S/C16H16N4O2/c1-10-13(7-17-18-10)9-20-15(21)14-6-11-4-2-3-5-12(11)8-19(14)16(20)22/h2-5,7,14H,6,8-9H2,1H3,(H,17,18)/t14-/m0/s1. The molecule has 1 atom stereocenters. The Kier molecular flexibility index (Phi) is 2.79. The first-order chi connectivity index (χ1) is 10.6. The van der Waals surface area contributed by atoms with Crippen LogP contribution in [0.15, 0.2) is 30.5 Å². The topological polar surface area (TPSA) is 69.3 Å². The molecule has 4 rings (SSSR count). The summed E-state index contributed by atoms with van der Waals surface area (Å²) in [6, 6.07) is 7.43. The Labute approximate surface area is 127 Å². The van der Waals surface area contributed by atoms with Gasteiger partial charge in [0.15, 0.2) is 0 Å². The number of amides is 3. The number of benzene rings is 1. The molecule has 112 valence electrons. The van der Waals surface area contributed by atoms with Crippen LogP contribution >= 0.6 is 0 Å². The van der Waals surface area contributed by atoms with Crippen molar-refractivity contribution in [3.63, 3.8) is 0 Å². The molecule has 2 aromatic rings. The van der Waals surface area contributed by atoms with Crippen molar-refractivity contribution in [3.05, 3.63) is 52.8 Å². The fraction of sp³-hybridized carbons (Fsp3) is 0.312. The summed E-state index contributed by atoms with van der Waals surface area (Å²) in [5.74, 6) is -0.111. The maximum Gasteiger partial charge on any atom is 0.328 e. The van der Waals surface area contributed by atoms with E-state index in [9.17, 15) is 9.59 Å². The number of carbonyl (C=O) groups is 2. The predicted molar refractivity (Wildman–Crippen MR) is 78.7 cm³/mol. The smallest absolute Gasteiger partial charge is 0.308 e. The highest BCUT2D eigenvalue weighted by Gasteiger charge is 2.47. The first-order valence-electron chi connectivity index (χ1n) is 7.33. The van der Waals surface area contributed by atoms with Gasteiger partial charge in [-0.15, -0.1) is 0 Å². The van der Waals surface area contributed by atoms with E-state index < -0.39 is 0 Å². The first kappa shape index (κ1) is 13.1. The molecule has 1 fully saturated rings. The van der Waals surface area contributed by atoms with Crippen LogP contribution in [0, 0.1) is 6.92 Å². The van der Waals surface area contributed by atoms with E-state index in [1.807, 2.05) is 31.2 Å². The number of fused-ring (bicyclic) bond motifs is 2. The zero-order valence-electron chi connectivity index (χ0n) is 12.2. The molecule has 0 unspecified atom stereocenters. The zero-order valence-corrected chi connectivity index (χ0v) is 12.2. The molecule has 0 radical (unpaired) electrons. The average Bonchev–Trinajstić information content (AvgIpc) is 3.03. The first-order valence-corrected chi connectivity index (χ1v) is 7.33. The summed E-state index contributed by atoms with van der Waals surface area (Å²) in [6.07, 6.45) is 2.27. The number of urea groups is 1. The van der Waals surface area contributed by atoms with Gasteiger partial charge >= 0.3 is 6.03 Å². The van der Waals surface area contributed by atoms with Gasteiger partial charge in [0.2, 0.25) is 0 Å². The molecule has 1 aromatic heterocycles. The molecular formula is C16H16N4O2. The van der Waals surface area contributed by atoms with E-state index in [4.69, 9.17) is 0 Å². The summed E-state index contributed by atoms with van der Waals surface area (Å²) in [5.41, 5.74) is 4.04. The Hall–Kier alpha value is -2.63. The number of aromatic amines is 1. The third-order valence-corrected chi connectivity index (χ3v) is 4.54. The molecule has 6 nitrogen and oxygen atoms in total. The molecule has 2 aliphatic heterocycles. The second-order valence-corrected chi connectivity index (χ2v) is 5.84. The van der Waals surface area contributed by atoms with Crippen LogP contribution in [0.2, 0.25) is 0 Å². The molecule has 1 saturated heterocycles. The lowest BCUT2D eigenvalue weighted by Crippen LogP contribution is -2.39. The molecule has 2 aliphatic rings. The van der Waals surface area contributed by atoms with E-state index in [1.54, 1.807) is 11.1 Å². The van der Waals surface area contributed by atoms with Crippen molar-refractivity contribution in [1.82, 2.24) is 20.0 Å². The summed E-state index contributed by atoms with van der Waals surface area (Å²) in [6.45, 7) is 2.67. The van der Waals surface area contributed by atoms with E-state index in [0.717, 1.165) is 22.4 Å². The van der Waals surface area contributed by atoms with Crippen molar-refractivity contribution in [3.8, 4) is 0 Å². The molecule has 1 aromatic carbocycles. The highest BCUT2D eigenvalue weighted by molar-refractivity contribution is 6.04. The summed E-state index contributed by atoms with van der Waals surface area (Å²) in [4.78, 5) is 28.3. The third-order valence-electron chi connectivity index (χ3n) is 4.54. The van der Waals surface area contributed by atoms with Crippen molar-refractivity contribution in [1.29, 1.82) is 0 Å². The average molecular weight is 296 g/mol. The highest BCUT2D eigenvalue weighted by atomic mass is 16.2. The SMILES string of the molecule is Cc1[nH]ncc1CN1C(=O)[C@@H]2Cc3ccccc3CN2C1=O. The van der Waals surface area contributed by atoms with Gasteiger partial charge in [-0.05, 0) is 18.1 Å². The molecule has 22 heavy (non-hydrogen) atoms. The molecular weight excluding hydrogens is 280 g/mol. The monoisotopic (exact) mass is 296 g/mol. The third kappa shape index (κ3) is 1.83. The van der Waals surface area contributed by atoms with E-state index >= 15 is 0 Å². The van der Waals surface area contributed by atoms with Crippen molar-refractivity contribution in [2.45, 2.75) is 32.5 Å². The second kappa shape index (κ2) is 4.69. The number of rotatable bonds is 2. The van der Waals surface area contributed by atoms with Crippen LogP contribution in [-0.4, -0.2) is 38.0 Å². The van der Waals surface area contributed by atoms with Gasteiger partial charge in [-0.1, -0.05) is 24.3 Å². The van der Waals surface area contributed by atoms with Crippen molar-refractivity contribution < 1.29 is 9.59 Å². The number of hydrogen-bond donors (Lipinski definition) is 1. The van der Waals surface area contributed by atoms with Gasteiger partial charge in [0.25, 0.3) is 5.91 Å². The Morgan fingerprint density at radius 1 is 1.27 bits per heavy atom. The minimum atomic E-state index is -0.366. The number of aryl methyl sites for hydroxylation is 1. The van der Waals surface area contributed by atoms with Crippen LogP contribution < -0.4 is 0 Å². The molecule has 0 saturated carbocycles. The van der Waals surface area contributed by atoms with Gasteiger partial charge < -0.3 is 4.90 Å². The zero-order chi connectivity index (χ0) is 15.3. The number of carbonyl (C=O) groups excluding carboxylic acids is 2. The van der Waals surface area contributed by atoms with Crippen LogP contribution in [-0.2, 0) is 24.3 Å². The van der Waals surface area contributed by atoms with Gasteiger partial charge in [-0.25, -0.2) is 4.79 Å². The fourth-order valence-corrected chi connectivity index (χ4v) is 3.22. The summed E-state index contributed by atoms with van der Waals surface area (Å²) in [5, 5.41) is 6.79. The summed E-state index contributed by atoms with van der Waals surface area (Å²) < 4.78 is 0. The Morgan fingerprint density at radius 3 is 2.77 bits per heavy atom. The molecule has 1 N–H and O–H groups in total. The Morgan fingerprint density at radius 2 is 2.05 bits per heavy atom. The fourth-order valence-electron chi connectivity index (χ4n) is 3.22. The van der Waals surface area contributed by atoms with Gasteiger partial charge in [-0.2, -0.15) is 5.10 Å². The number of hydrogen-bond acceptors (Lipinski definition) is 3. The normalized spacial score (nSPS) is 20.3. The van der Waals surface area contributed by atoms with Crippen LogP contribution in [0.1, 0.15) is 22.4 Å². The second-order valence-electron chi connectivity index (χ2n) is 5.84. The lowest BCUT2D eigenvalue weighted by molar-refractivity contribution is -0.128. The van der Waals surface area contributed by atoms with Crippen molar-refractivity contribution in [2.75, 3.05) is 0 Å². The Balaban J connectivity index is 1.63. The maximum atomic E-state index is 12.6. The molecule has 0 spiro atoms. The van der Waals surface area contributed by atoms with Crippen LogP contribution in [0.4, 0.5) is 4.79 Å². The number of nitrogens with one attached hydrogen (secondary N) is 1. The number of H-pyrrole nitrogens is 1. The van der Waals surface area contributed by atoms with E-state index in [2.05, 4.69) is 10.2 Å². The van der Waals surface area contributed by atoms with E-state index in [-0.39, 0.29) is 24.5 Å². The van der Waals surface area contributed by atoms with Crippen LogP contribution in [0.25, 0.3) is 0 Å². The molecule has 3 amide bonds. The Bertz CT molecular complexity index is 724. The minimum absolute atomic E-state index is 0.111. The van der Waals surface area contributed by atoms with Gasteiger partial charge in [0, 0.05) is 24.2 Å². The highest BCUT2D eigenvalue weighted by Crippen LogP contribution is 2.30. The number of aromatic nitrogens is 2. The van der Waals surface area contributed by atoms with E-state index in [0.29, 0.717) is 13.0 Å². The van der Waals surface area contributed by atoms with Gasteiger partial charge in [-0.3, -0.25) is 14.8 Å². The van der Waals surface area contributed by atoms with Gasteiger partial charge in [0.1, 0.15) is 6.04 Å². The molecule has 0 bridgehead atoms. The predicted octanol–water partition coefficient (Wildman–Crippen LogP) is 1.61. The molecule has 0 aliphatic carbocycles. The maximum absolute atomic E-state index is 12.6. The molecule has 3 heterocycles. The van der Waals surface area contributed by atoms with Crippen molar-refractivity contribution >= 4 is 11.9 Å². The summed E-state index contributed by atoms with van der Waals surface area (Å²) >= 11 is 0. The van der Waals surface area contributed by atoms with Crippen molar-refractivity contribution in [2.24, 2.45) is 0 Å². The van der Waals surface area contributed by atoms with Crippen LogP contribution in [0.3, 0.4) is 0 Å². The van der Waals surface area contributed by atoms with E-state index in [1.165, 1.54) is 4.90 Å². The summed E-state index contributed by atoms with van der Waals surface area (Å²) in [7, 11) is 0. The number of imide groups is 1.